The average molecular weight is 165 g/mol. The fraction of sp³-hybridized carbons (Fsp3) is 0.444. The summed E-state index contributed by atoms with van der Waals surface area (Å²) in [6.07, 6.45) is 3.45. The molecule has 0 saturated heterocycles. The quantitative estimate of drug-likeness (QED) is 0.681. The molecule has 0 aliphatic heterocycles. The molecule has 1 aromatic rings. The van der Waals surface area contributed by atoms with E-state index in [2.05, 4.69) is 4.98 Å². The number of pyridine rings is 1. The Labute approximate surface area is 72.8 Å². The molecule has 3 nitrogen and oxygen atoms in total. The molecule has 4 N–H and O–H groups in total. The molecule has 0 spiro atoms. The van der Waals surface area contributed by atoms with Gasteiger partial charge in [-0.1, -0.05) is 0 Å². The van der Waals surface area contributed by atoms with Gasteiger partial charge in [-0.3, -0.25) is 4.98 Å². The summed E-state index contributed by atoms with van der Waals surface area (Å²) in [7, 11) is 0. The van der Waals surface area contributed by atoms with Gasteiger partial charge in [0.15, 0.2) is 0 Å². The Balaban J connectivity index is 2.86. The smallest absolute Gasteiger partial charge is 0.0473 e. The maximum atomic E-state index is 5.92. The minimum atomic E-state index is -0.388. The van der Waals surface area contributed by atoms with E-state index in [1.807, 2.05) is 26.0 Å². The van der Waals surface area contributed by atoms with E-state index >= 15 is 0 Å². The molecule has 0 saturated carbocycles. The van der Waals surface area contributed by atoms with Crippen molar-refractivity contribution in [2.45, 2.75) is 25.4 Å². The lowest BCUT2D eigenvalue weighted by atomic mass is 9.91. The highest BCUT2D eigenvalue weighted by atomic mass is 14.8. The van der Waals surface area contributed by atoms with Crippen LogP contribution in [0.25, 0.3) is 0 Å². The normalized spacial score (nSPS) is 14.3. The fourth-order valence-electron chi connectivity index (χ4n) is 1.00. The van der Waals surface area contributed by atoms with E-state index in [-0.39, 0.29) is 11.6 Å². The monoisotopic (exact) mass is 165 g/mol. The molecular weight excluding hydrogens is 150 g/mol. The third-order valence-corrected chi connectivity index (χ3v) is 1.87. The fourth-order valence-corrected chi connectivity index (χ4v) is 1.00. The molecular formula is C9H15N3. The molecule has 0 aromatic carbocycles. The molecule has 1 unspecified atom stereocenters. The van der Waals surface area contributed by atoms with Crippen molar-refractivity contribution in [1.82, 2.24) is 4.98 Å². The van der Waals surface area contributed by atoms with Gasteiger partial charge in [-0.15, -0.1) is 0 Å². The second-order valence-electron chi connectivity index (χ2n) is 3.58. The summed E-state index contributed by atoms with van der Waals surface area (Å²) in [5.74, 6) is 0. The second kappa shape index (κ2) is 3.21. The predicted molar refractivity (Wildman–Crippen MR) is 49.4 cm³/mol. The van der Waals surface area contributed by atoms with Crippen LogP contribution in [0.15, 0.2) is 24.5 Å². The van der Waals surface area contributed by atoms with Gasteiger partial charge in [0.1, 0.15) is 0 Å². The van der Waals surface area contributed by atoms with Crippen molar-refractivity contribution in [3.8, 4) is 0 Å². The van der Waals surface area contributed by atoms with Gasteiger partial charge >= 0.3 is 0 Å². The van der Waals surface area contributed by atoms with Crippen molar-refractivity contribution in [1.29, 1.82) is 0 Å². The van der Waals surface area contributed by atoms with Crippen LogP contribution in [0.5, 0.6) is 0 Å². The van der Waals surface area contributed by atoms with E-state index in [1.54, 1.807) is 12.4 Å². The highest BCUT2D eigenvalue weighted by Crippen LogP contribution is 2.19. The first-order valence-corrected chi connectivity index (χ1v) is 3.96. The molecule has 0 aliphatic carbocycles. The van der Waals surface area contributed by atoms with Crippen LogP contribution in [0.1, 0.15) is 25.5 Å². The number of rotatable bonds is 2. The van der Waals surface area contributed by atoms with Gasteiger partial charge in [-0.25, -0.2) is 0 Å². The molecule has 0 bridgehead atoms. The van der Waals surface area contributed by atoms with Crippen molar-refractivity contribution in [2.75, 3.05) is 0 Å². The van der Waals surface area contributed by atoms with Crippen LogP contribution in [-0.2, 0) is 0 Å². The number of hydrogen-bond donors (Lipinski definition) is 2. The van der Waals surface area contributed by atoms with Gasteiger partial charge in [0.25, 0.3) is 0 Å². The predicted octanol–water partition coefficient (Wildman–Crippen LogP) is 0.819. The first kappa shape index (κ1) is 9.16. The van der Waals surface area contributed by atoms with Crippen LogP contribution in [0, 0.1) is 0 Å². The molecule has 3 heteroatoms. The van der Waals surface area contributed by atoms with E-state index in [0.717, 1.165) is 5.56 Å². The van der Waals surface area contributed by atoms with Gasteiger partial charge in [0.05, 0.1) is 0 Å². The Bertz CT molecular complexity index is 238. The largest absolute Gasteiger partial charge is 0.324 e. The highest BCUT2D eigenvalue weighted by Gasteiger charge is 2.22. The molecule has 0 radical (unpaired) electrons. The number of nitrogens with two attached hydrogens (primary N) is 2. The molecule has 66 valence electrons. The topological polar surface area (TPSA) is 64.9 Å². The number of nitrogens with zero attached hydrogens (tertiary/aromatic N) is 1. The SMILES string of the molecule is CC(C)(N)C(N)c1ccncc1. The average Bonchev–Trinajstić information content (AvgIpc) is 2.03. The second-order valence-corrected chi connectivity index (χ2v) is 3.58. The summed E-state index contributed by atoms with van der Waals surface area (Å²) >= 11 is 0. The van der Waals surface area contributed by atoms with E-state index in [1.165, 1.54) is 0 Å². The molecule has 0 fully saturated rings. The van der Waals surface area contributed by atoms with Crippen molar-refractivity contribution in [2.24, 2.45) is 11.5 Å². The van der Waals surface area contributed by atoms with Gasteiger partial charge in [0, 0.05) is 24.0 Å². The zero-order valence-electron chi connectivity index (χ0n) is 7.49. The zero-order chi connectivity index (χ0) is 9.19. The lowest BCUT2D eigenvalue weighted by Crippen LogP contribution is -2.43. The lowest BCUT2D eigenvalue weighted by molar-refractivity contribution is 0.420. The van der Waals surface area contributed by atoms with Crippen LogP contribution in [0.2, 0.25) is 0 Å². The molecule has 12 heavy (non-hydrogen) atoms. The van der Waals surface area contributed by atoms with Crippen LogP contribution in [-0.4, -0.2) is 10.5 Å². The van der Waals surface area contributed by atoms with Crippen molar-refractivity contribution in [3.63, 3.8) is 0 Å². The number of hydrogen-bond acceptors (Lipinski definition) is 3. The Kier molecular flexibility index (Phi) is 2.45. The first-order valence-electron chi connectivity index (χ1n) is 3.96. The third kappa shape index (κ3) is 2.03. The Morgan fingerprint density at radius 2 is 1.83 bits per heavy atom. The number of aromatic nitrogens is 1. The van der Waals surface area contributed by atoms with E-state index < -0.39 is 0 Å². The van der Waals surface area contributed by atoms with Gasteiger partial charge in [0.2, 0.25) is 0 Å². The molecule has 0 amide bonds. The molecule has 1 heterocycles. The first-order chi connectivity index (χ1) is 5.52. The maximum absolute atomic E-state index is 5.92. The summed E-state index contributed by atoms with van der Waals surface area (Å²) in [4.78, 5) is 3.91. The minimum absolute atomic E-state index is 0.138. The van der Waals surface area contributed by atoms with Crippen LogP contribution >= 0.6 is 0 Å². The van der Waals surface area contributed by atoms with Crippen molar-refractivity contribution in [3.05, 3.63) is 30.1 Å². The van der Waals surface area contributed by atoms with Gasteiger partial charge in [-0.05, 0) is 31.5 Å². The molecule has 1 atom stereocenters. The Morgan fingerprint density at radius 3 is 2.25 bits per heavy atom. The molecule has 1 rings (SSSR count). The molecule has 1 aromatic heterocycles. The van der Waals surface area contributed by atoms with Crippen molar-refractivity contribution >= 4 is 0 Å². The summed E-state index contributed by atoms with van der Waals surface area (Å²) in [5, 5.41) is 0. The van der Waals surface area contributed by atoms with Crippen LogP contribution < -0.4 is 11.5 Å². The summed E-state index contributed by atoms with van der Waals surface area (Å²) in [6.45, 7) is 3.83. The van der Waals surface area contributed by atoms with Gasteiger partial charge < -0.3 is 11.5 Å². The standard InChI is InChI=1S/C9H15N3/c1-9(2,11)8(10)7-3-5-12-6-4-7/h3-6,8H,10-11H2,1-2H3. The van der Waals surface area contributed by atoms with E-state index in [9.17, 15) is 0 Å². The zero-order valence-corrected chi connectivity index (χ0v) is 7.49. The van der Waals surface area contributed by atoms with E-state index in [0.29, 0.717) is 0 Å². The summed E-state index contributed by atoms with van der Waals surface area (Å²) < 4.78 is 0. The summed E-state index contributed by atoms with van der Waals surface area (Å²) in [5.41, 5.74) is 12.4. The minimum Gasteiger partial charge on any atom is -0.324 e. The lowest BCUT2D eigenvalue weighted by Gasteiger charge is -2.27. The van der Waals surface area contributed by atoms with Crippen LogP contribution in [0.4, 0.5) is 0 Å². The third-order valence-electron chi connectivity index (χ3n) is 1.87. The Morgan fingerprint density at radius 1 is 1.33 bits per heavy atom. The highest BCUT2D eigenvalue weighted by molar-refractivity contribution is 5.18. The van der Waals surface area contributed by atoms with Crippen LogP contribution in [0.3, 0.4) is 0 Å². The Hall–Kier alpha value is -0.930. The van der Waals surface area contributed by atoms with Gasteiger partial charge in [-0.2, -0.15) is 0 Å². The maximum Gasteiger partial charge on any atom is 0.0473 e. The van der Waals surface area contributed by atoms with E-state index in [4.69, 9.17) is 11.5 Å². The van der Waals surface area contributed by atoms with Crippen molar-refractivity contribution < 1.29 is 0 Å². The molecule has 0 aliphatic rings. The summed E-state index contributed by atoms with van der Waals surface area (Å²) in [6, 6.07) is 3.64.